The molecule has 8 heteroatoms. The lowest BCUT2D eigenvalue weighted by Gasteiger charge is -2.30. The summed E-state index contributed by atoms with van der Waals surface area (Å²) in [5.41, 5.74) is 0.901. The zero-order valence-electron chi connectivity index (χ0n) is 14.3. The lowest BCUT2D eigenvalue weighted by molar-refractivity contribution is 0.0689. The quantitative estimate of drug-likeness (QED) is 0.722. The molecule has 0 saturated carbocycles. The fourth-order valence-corrected chi connectivity index (χ4v) is 3.20. The van der Waals surface area contributed by atoms with Crippen molar-refractivity contribution in [2.75, 3.05) is 13.1 Å². The molecule has 0 N–H and O–H groups in total. The van der Waals surface area contributed by atoms with Gasteiger partial charge in [-0.15, -0.1) is 0 Å². The van der Waals surface area contributed by atoms with E-state index >= 15 is 0 Å². The van der Waals surface area contributed by atoms with E-state index in [0.29, 0.717) is 36.2 Å². The van der Waals surface area contributed by atoms with E-state index in [9.17, 15) is 9.18 Å². The van der Waals surface area contributed by atoms with Gasteiger partial charge in [0.1, 0.15) is 5.82 Å². The highest BCUT2D eigenvalue weighted by molar-refractivity contribution is 5.92. The van der Waals surface area contributed by atoms with Crippen molar-refractivity contribution in [3.8, 4) is 5.69 Å². The molecule has 0 bridgehead atoms. The van der Waals surface area contributed by atoms with Gasteiger partial charge in [-0.25, -0.2) is 9.07 Å². The standard InChI is InChI=1S/C18H18FN5O2/c1-12-20-17(26-22-12)13-4-3-8-23(11-13)18(25)16-7-9-24(21-16)15-6-2-5-14(19)10-15/h2,5-7,9-10,13H,3-4,8,11H2,1H3. The summed E-state index contributed by atoms with van der Waals surface area (Å²) in [5, 5.41) is 8.13. The molecule has 1 amide bonds. The average Bonchev–Trinajstić information content (AvgIpc) is 3.30. The lowest BCUT2D eigenvalue weighted by Crippen LogP contribution is -2.39. The molecule has 7 nitrogen and oxygen atoms in total. The van der Waals surface area contributed by atoms with Gasteiger partial charge in [0.25, 0.3) is 5.91 Å². The van der Waals surface area contributed by atoms with Crippen LogP contribution in [0, 0.1) is 12.7 Å². The number of hydrogen-bond donors (Lipinski definition) is 0. The van der Waals surface area contributed by atoms with Gasteiger partial charge >= 0.3 is 0 Å². The second-order valence-electron chi connectivity index (χ2n) is 6.40. The van der Waals surface area contributed by atoms with Crippen LogP contribution in [0.3, 0.4) is 0 Å². The fraction of sp³-hybridized carbons (Fsp3) is 0.333. The molecule has 0 radical (unpaired) electrons. The molecule has 1 atom stereocenters. The van der Waals surface area contributed by atoms with Crippen LogP contribution in [-0.4, -0.2) is 43.8 Å². The number of piperidine rings is 1. The molecule has 26 heavy (non-hydrogen) atoms. The molecule has 1 fully saturated rings. The number of carbonyl (C=O) groups is 1. The number of benzene rings is 1. The molecule has 1 aliphatic heterocycles. The smallest absolute Gasteiger partial charge is 0.274 e. The minimum absolute atomic E-state index is 0.0409. The summed E-state index contributed by atoms with van der Waals surface area (Å²) in [6, 6.07) is 7.73. The van der Waals surface area contributed by atoms with Crippen molar-refractivity contribution >= 4 is 5.91 Å². The van der Waals surface area contributed by atoms with Crippen LogP contribution in [0.25, 0.3) is 5.69 Å². The Morgan fingerprint density at radius 1 is 1.35 bits per heavy atom. The first-order valence-corrected chi connectivity index (χ1v) is 8.51. The number of halogens is 1. The van der Waals surface area contributed by atoms with Crippen LogP contribution in [0.1, 0.15) is 41.0 Å². The van der Waals surface area contributed by atoms with Gasteiger partial charge in [-0.2, -0.15) is 10.1 Å². The number of hydrogen-bond acceptors (Lipinski definition) is 5. The van der Waals surface area contributed by atoms with Gasteiger partial charge in [0.05, 0.1) is 11.6 Å². The molecule has 3 heterocycles. The van der Waals surface area contributed by atoms with Gasteiger partial charge in [0.15, 0.2) is 11.5 Å². The molecule has 0 aliphatic carbocycles. The van der Waals surface area contributed by atoms with Crippen molar-refractivity contribution in [2.45, 2.75) is 25.7 Å². The molecule has 134 valence electrons. The van der Waals surface area contributed by atoms with Crippen molar-refractivity contribution in [1.82, 2.24) is 24.8 Å². The normalized spacial score (nSPS) is 17.5. The Labute approximate surface area is 149 Å². The zero-order valence-corrected chi connectivity index (χ0v) is 14.3. The highest BCUT2D eigenvalue weighted by Crippen LogP contribution is 2.26. The monoisotopic (exact) mass is 355 g/mol. The predicted molar refractivity (Wildman–Crippen MR) is 90.4 cm³/mol. The van der Waals surface area contributed by atoms with Gasteiger partial charge in [-0.05, 0) is 44.0 Å². The molecular formula is C18H18FN5O2. The summed E-state index contributed by atoms with van der Waals surface area (Å²) >= 11 is 0. The molecular weight excluding hydrogens is 337 g/mol. The summed E-state index contributed by atoms with van der Waals surface area (Å²) in [6.07, 6.45) is 3.43. The third-order valence-corrected chi connectivity index (χ3v) is 4.48. The second kappa shape index (κ2) is 6.70. The van der Waals surface area contributed by atoms with E-state index in [0.717, 1.165) is 12.8 Å². The van der Waals surface area contributed by atoms with Crippen LogP contribution >= 0.6 is 0 Å². The molecule has 1 unspecified atom stereocenters. The summed E-state index contributed by atoms with van der Waals surface area (Å²) < 4.78 is 20.1. The fourth-order valence-electron chi connectivity index (χ4n) is 3.20. The highest BCUT2D eigenvalue weighted by atomic mass is 19.1. The first kappa shape index (κ1) is 16.4. The van der Waals surface area contributed by atoms with Crippen LogP contribution in [0.4, 0.5) is 4.39 Å². The third kappa shape index (κ3) is 3.22. The van der Waals surface area contributed by atoms with Crippen LogP contribution in [0.15, 0.2) is 41.1 Å². The Balaban J connectivity index is 1.50. The topological polar surface area (TPSA) is 77.0 Å². The van der Waals surface area contributed by atoms with Crippen LogP contribution in [0.5, 0.6) is 0 Å². The number of aromatic nitrogens is 4. The molecule has 0 spiro atoms. The number of nitrogens with zero attached hydrogens (tertiary/aromatic N) is 5. The molecule has 1 aromatic carbocycles. The summed E-state index contributed by atoms with van der Waals surface area (Å²) in [5.74, 6) is 0.711. The van der Waals surface area contributed by atoms with Crippen molar-refractivity contribution in [1.29, 1.82) is 0 Å². The van der Waals surface area contributed by atoms with Crippen molar-refractivity contribution in [2.24, 2.45) is 0 Å². The second-order valence-corrected chi connectivity index (χ2v) is 6.40. The summed E-state index contributed by atoms with van der Waals surface area (Å²) in [4.78, 5) is 18.8. The zero-order chi connectivity index (χ0) is 18.1. The SMILES string of the molecule is Cc1noc(C2CCCN(C(=O)c3ccn(-c4cccc(F)c4)n3)C2)n1. The van der Waals surface area contributed by atoms with Gasteiger partial charge in [0.2, 0.25) is 5.89 Å². The van der Waals surface area contributed by atoms with Gasteiger partial charge < -0.3 is 9.42 Å². The van der Waals surface area contributed by atoms with Crippen LogP contribution in [0.2, 0.25) is 0 Å². The van der Waals surface area contributed by atoms with Crippen LogP contribution in [-0.2, 0) is 0 Å². The molecule has 2 aromatic heterocycles. The van der Waals surface area contributed by atoms with E-state index in [4.69, 9.17) is 4.52 Å². The van der Waals surface area contributed by atoms with E-state index in [1.807, 2.05) is 0 Å². The van der Waals surface area contributed by atoms with Gasteiger partial charge in [-0.3, -0.25) is 4.79 Å². The predicted octanol–water partition coefficient (Wildman–Crippen LogP) is 2.72. The Morgan fingerprint density at radius 2 is 2.23 bits per heavy atom. The number of carbonyl (C=O) groups excluding carboxylic acids is 1. The number of aryl methyl sites for hydroxylation is 1. The van der Waals surface area contributed by atoms with Gasteiger partial charge in [0, 0.05) is 19.3 Å². The molecule has 3 aromatic rings. The Kier molecular flexibility index (Phi) is 4.24. The highest BCUT2D eigenvalue weighted by Gasteiger charge is 2.29. The number of amides is 1. The van der Waals surface area contributed by atoms with E-state index in [1.165, 1.54) is 16.8 Å². The summed E-state index contributed by atoms with van der Waals surface area (Å²) in [7, 11) is 0. The van der Waals surface area contributed by atoms with E-state index in [-0.39, 0.29) is 17.6 Å². The minimum atomic E-state index is -0.348. The van der Waals surface area contributed by atoms with Crippen molar-refractivity contribution in [3.05, 3.63) is 59.8 Å². The van der Waals surface area contributed by atoms with E-state index in [1.54, 1.807) is 36.2 Å². The molecule has 1 saturated heterocycles. The maximum atomic E-state index is 13.4. The summed E-state index contributed by atoms with van der Waals surface area (Å²) in [6.45, 7) is 2.96. The van der Waals surface area contributed by atoms with Crippen LogP contribution < -0.4 is 0 Å². The van der Waals surface area contributed by atoms with Crippen molar-refractivity contribution in [3.63, 3.8) is 0 Å². The maximum absolute atomic E-state index is 13.4. The van der Waals surface area contributed by atoms with E-state index in [2.05, 4.69) is 15.2 Å². The maximum Gasteiger partial charge on any atom is 0.274 e. The first-order valence-electron chi connectivity index (χ1n) is 8.51. The van der Waals surface area contributed by atoms with Gasteiger partial charge in [-0.1, -0.05) is 11.2 Å². The molecule has 4 rings (SSSR count). The number of likely N-dealkylation sites (tertiary alicyclic amines) is 1. The Morgan fingerprint density at radius 3 is 3.00 bits per heavy atom. The number of rotatable bonds is 3. The van der Waals surface area contributed by atoms with E-state index < -0.39 is 0 Å². The molecule has 1 aliphatic rings. The minimum Gasteiger partial charge on any atom is -0.339 e. The average molecular weight is 355 g/mol. The Bertz CT molecular complexity index is 935. The third-order valence-electron chi connectivity index (χ3n) is 4.48. The lowest BCUT2D eigenvalue weighted by atomic mass is 9.97. The first-order chi connectivity index (χ1) is 12.6. The van der Waals surface area contributed by atoms with Crippen molar-refractivity contribution < 1.29 is 13.7 Å². The largest absolute Gasteiger partial charge is 0.339 e. The Hall–Kier alpha value is -3.03.